The molecule has 0 aliphatic heterocycles. The average Bonchev–Trinajstić information content (AvgIpc) is 2.91. The van der Waals surface area contributed by atoms with Crippen LogP contribution in [0.1, 0.15) is 11.4 Å². The van der Waals surface area contributed by atoms with E-state index in [0.29, 0.717) is 26.6 Å². The van der Waals surface area contributed by atoms with E-state index in [4.69, 9.17) is 23.2 Å². The molecule has 0 bridgehead atoms. The number of aryl methyl sites for hydroxylation is 1. The molecule has 0 saturated carbocycles. The van der Waals surface area contributed by atoms with E-state index < -0.39 is 0 Å². The van der Waals surface area contributed by atoms with Crippen LogP contribution in [0.4, 0.5) is 0 Å². The van der Waals surface area contributed by atoms with Crippen LogP contribution in [-0.2, 0) is 0 Å². The van der Waals surface area contributed by atoms with Gasteiger partial charge < -0.3 is 5.11 Å². The predicted molar refractivity (Wildman–Crippen MR) is 89.7 cm³/mol. The zero-order valence-corrected chi connectivity index (χ0v) is 13.6. The summed E-state index contributed by atoms with van der Waals surface area (Å²) in [5, 5.41) is 16.8. The van der Waals surface area contributed by atoms with Gasteiger partial charge in [0, 0.05) is 10.6 Å². The predicted octanol–water partition coefficient (Wildman–Crippen LogP) is 3.66. The number of thiophene rings is 1. The van der Waals surface area contributed by atoms with Gasteiger partial charge in [0.25, 0.3) is 5.56 Å². The molecule has 0 aliphatic carbocycles. The molecule has 0 aliphatic rings. The highest BCUT2D eigenvalue weighted by molar-refractivity contribution is 7.16. The van der Waals surface area contributed by atoms with Crippen LogP contribution in [0.3, 0.4) is 0 Å². The van der Waals surface area contributed by atoms with Crippen molar-refractivity contribution >= 4 is 51.0 Å². The normalized spacial score (nSPS) is 11.6. The van der Waals surface area contributed by atoms with E-state index in [9.17, 15) is 9.90 Å². The highest BCUT2D eigenvalue weighted by Gasteiger charge is 2.09. The summed E-state index contributed by atoms with van der Waals surface area (Å²) in [6.45, 7) is 1.68. The molecule has 8 heteroatoms. The molecule has 0 amide bonds. The number of rotatable bonds is 2. The highest BCUT2D eigenvalue weighted by atomic mass is 35.5. The molecule has 0 radical (unpaired) electrons. The zero-order valence-electron chi connectivity index (χ0n) is 11.2. The molecule has 0 spiro atoms. The quantitative estimate of drug-likeness (QED) is 0.714. The van der Waals surface area contributed by atoms with Crippen molar-refractivity contribution in [1.29, 1.82) is 0 Å². The van der Waals surface area contributed by atoms with Gasteiger partial charge in [-0.05, 0) is 30.5 Å². The summed E-state index contributed by atoms with van der Waals surface area (Å²) < 4.78 is 1.17. The second kappa shape index (κ2) is 5.72. The number of aromatic nitrogens is 2. The molecule has 0 atom stereocenters. The van der Waals surface area contributed by atoms with Crippen LogP contribution in [0.2, 0.25) is 10.0 Å². The first-order valence-electron chi connectivity index (χ1n) is 6.16. The molecular weight excluding hydrogens is 345 g/mol. The molecule has 2 aromatic heterocycles. The van der Waals surface area contributed by atoms with E-state index in [1.54, 1.807) is 18.4 Å². The van der Waals surface area contributed by atoms with Crippen LogP contribution >= 0.6 is 34.5 Å². The fourth-order valence-electron chi connectivity index (χ4n) is 1.95. The van der Waals surface area contributed by atoms with Crippen LogP contribution in [0.25, 0.3) is 10.2 Å². The largest absolute Gasteiger partial charge is 0.506 e. The summed E-state index contributed by atoms with van der Waals surface area (Å²) >= 11 is 13.1. The highest BCUT2D eigenvalue weighted by Crippen LogP contribution is 2.30. The van der Waals surface area contributed by atoms with Crippen molar-refractivity contribution < 1.29 is 5.11 Å². The van der Waals surface area contributed by atoms with Crippen molar-refractivity contribution in [3.8, 4) is 5.75 Å². The lowest BCUT2D eigenvalue weighted by Gasteiger charge is -2.04. The Hall–Kier alpha value is -1.89. The van der Waals surface area contributed by atoms with Crippen molar-refractivity contribution in [2.75, 3.05) is 0 Å². The molecule has 3 rings (SSSR count). The number of aromatic hydroxyl groups is 1. The van der Waals surface area contributed by atoms with Gasteiger partial charge in [0.2, 0.25) is 0 Å². The first-order valence-corrected chi connectivity index (χ1v) is 7.80. The Morgan fingerprint density at radius 1 is 1.41 bits per heavy atom. The Bertz CT molecular complexity index is 963. The first kappa shape index (κ1) is 15.0. The molecule has 112 valence electrons. The molecule has 2 heterocycles. The lowest BCUT2D eigenvalue weighted by Crippen LogP contribution is -2.19. The third kappa shape index (κ3) is 2.61. The van der Waals surface area contributed by atoms with Gasteiger partial charge in [0.15, 0.2) is 0 Å². The molecule has 3 aromatic rings. The first-order chi connectivity index (χ1) is 10.5. The molecule has 22 heavy (non-hydrogen) atoms. The lowest BCUT2D eigenvalue weighted by molar-refractivity contribution is 0.474. The van der Waals surface area contributed by atoms with Crippen LogP contribution in [0.15, 0.2) is 33.5 Å². The summed E-state index contributed by atoms with van der Waals surface area (Å²) in [6.07, 6.45) is 1.32. The van der Waals surface area contributed by atoms with Gasteiger partial charge >= 0.3 is 0 Å². The molecule has 5 nitrogen and oxygen atoms in total. The Morgan fingerprint density at radius 3 is 2.95 bits per heavy atom. The van der Waals surface area contributed by atoms with Gasteiger partial charge in [-0.1, -0.05) is 23.2 Å². The summed E-state index contributed by atoms with van der Waals surface area (Å²) in [5.41, 5.74) is 0.0434. The maximum atomic E-state index is 12.4. The van der Waals surface area contributed by atoms with Gasteiger partial charge in [-0.15, -0.1) is 11.3 Å². The van der Waals surface area contributed by atoms with Gasteiger partial charge in [0.05, 0.1) is 16.6 Å². The van der Waals surface area contributed by atoms with Crippen molar-refractivity contribution in [3.63, 3.8) is 0 Å². The number of phenolic OH excluding ortho intramolecular Hbond substituents is 1. The standard InChI is InChI=1S/C14H9Cl2N3O2S/c1-7-18-13-10(2-3-22-13)14(21)19(7)17-6-8-4-9(15)5-11(16)12(8)20/h2-6,20H,1H3/b17-6+. The van der Waals surface area contributed by atoms with Gasteiger partial charge in [0.1, 0.15) is 16.4 Å². The van der Waals surface area contributed by atoms with Crippen molar-refractivity contribution in [2.24, 2.45) is 5.10 Å². The van der Waals surface area contributed by atoms with Gasteiger partial charge in [-0.3, -0.25) is 4.79 Å². The van der Waals surface area contributed by atoms with E-state index >= 15 is 0 Å². The fraction of sp³-hybridized carbons (Fsp3) is 0.0714. The topological polar surface area (TPSA) is 67.5 Å². The summed E-state index contributed by atoms with van der Waals surface area (Å²) in [7, 11) is 0. The second-order valence-corrected chi connectivity index (χ2v) is 6.22. The van der Waals surface area contributed by atoms with Gasteiger partial charge in [-0.25, -0.2) is 4.98 Å². The maximum Gasteiger partial charge on any atom is 0.282 e. The minimum Gasteiger partial charge on any atom is -0.506 e. The average molecular weight is 354 g/mol. The van der Waals surface area contributed by atoms with Crippen molar-refractivity contribution in [2.45, 2.75) is 6.92 Å². The summed E-state index contributed by atoms with van der Waals surface area (Å²) in [5.74, 6) is 0.300. The maximum absolute atomic E-state index is 12.4. The van der Waals surface area contributed by atoms with E-state index in [0.717, 1.165) is 0 Å². The molecule has 1 aromatic carbocycles. The van der Waals surface area contributed by atoms with E-state index in [-0.39, 0.29) is 16.3 Å². The molecule has 1 N–H and O–H groups in total. The fourth-order valence-corrected chi connectivity index (χ4v) is 3.26. The number of fused-ring (bicyclic) bond motifs is 1. The Morgan fingerprint density at radius 2 is 2.18 bits per heavy atom. The molecule has 0 fully saturated rings. The second-order valence-electron chi connectivity index (χ2n) is 4.49. The van der Waals surface area contributed by atoms with E-state index in [2.05, 4.69) is 10.1 Å². The van der Waals surface area contributed by atoms with Gasteiger partial charge in [-0.2, -0.15) is 9.78 Å². The lowest BCUT2D eigenvalue weighted by atomic mass is 10.2. The summed E-state index contributed by atoms with van der Waals surface area (Å²) in [4.78, 5) is 17.3. The molecule has 0 unspecified atom stereocenters. The Labute approximate surface area is 139 Å². The van der Waals surface area contributed by atoms with Crippen LogP contribution in [0.5, 0.6) is 5.75 Å². The molecule has 0 saturated heterocycles. The zero-order chi connectivity index (χ0) is 15.9. The Balaban J connectivity index is 2.12. The van der Waals surface area contributed by atoms with Crippen LogP contribution < -0.4 is 5.56 Å². The number of nitrogens with zero attached hydrogens (tertiary/aromatic N) is 3. The number of hydrogen-bond donors (Lipinski definition) is 1. The van der Waals surface area contributed by atoms with Crippen LogP contribution in [0, 0.1) is 6.92 Å². The molecular formula is C14H9Cl2N3O2S. The third-order valence-electron chi connectivity index (χ3n) is 3.01. The number of hydrogen-bond acceptors (Lipinski definition) is 5. The Kier molecular flexibility index (Phi) is 3.90. The number of benzene rings is 1. The monoisotopic (exact) mass is 353 g/mol. The van der Waals surface area contributed by atoms with Crippen LogP contribution in [-0.4, -0.2) is 21.0 Å². The van der Waals surface area contributed by atoms with Crippen molar-refractivity contribution in [1.82, 2.24) is 9.66 Å². The minimum atomic E-state index is -0.271. The smallest absolute Gasteiger partial charge is 0.282 e. The SMILES string of the molecule is Cc1nc2sccc2c(=O)n1/N=C/c1cc(Cl)cc(Cl)c1O. The third-order valence-corrected chi connectivity index (χ3v) is 4.32. The minimum absolute atomic E-state index is 0.115. The summed E-state index contributed by atoms with van der Waals surface area (Å²) in [6, 6.07) is 4.63. The van der Waals surface area contributed by atoms with E-state index in [1.807, 2.05) is 0 Å². The number of halogens is 2. The number of phenols is 1. The van der Waals surface area contributed by atoms with Crippen molar-refractivity contribution in [3.05, 3.63) is 55.4 Å². The van der Waals surface area contributed by atoms with E-state index in [1.165, 1.54) is 34.4 Å².